The van der Waals surface area contributed by atoms with E-state index in [4.69, 9.17) is 20.7 Å². The van der Waals surface area contributed by atoms with Crippen LogP contribution < -0.4 is 11.5 Å². The Hall–Kier alpha value is -1.76. The Balaban J connectivity index is 0.000000310. The van der Waals surface area contributed by atoms with Crippen LogP contribution in [0.15, 0.2) is 12.1 Å². The van der Waals surface area contributed by atoms with E-state index in [1.165, 1.54) is 6.07 Å². The summed E-state index contributed by atoms with van der Waals surface area (Å²) >= 11 is 1.07. The summed E-state index contributed by atoms with van der Waals surface area (Å²) in [6.07, 6.45) is -1.33. The van der Waals surface area contributed by atoms with Crippen LogP contribution in [-0.2, 0) is 0 Å². The molecule has 0 radical (unpaired) electrons. The molecule has 1 rings (SSSR count). The Bertz CT molecular complexity index is 305. The second kappa shape index (κ2) is 4.99. The third kappa shape index (κ3) is 5.50. The fourth-order valence-electron chi connectivity index (χ4n) is 0.468. The Labute approximate surface area is 77.4 Å². The Kier molecular flexibility index (Phi) is 4.31. The first kappa shape index (κ1) is 11.2. The summed E-state index contributed by atoms with van der Waals surface area (Å²) in [5, 5.41) is 16.1. The minimum Gasteiger partial charge on any atom is -0.477 e. The third-order valence-electron chi connectivity index (χ3n) is 0.838. The molecule has 72 valence electrons. The second-order valence-corrected chi connectivity index (χ2v) is 2.96. The molecule has 6 nitrogen and oxygen atoms in total. The smallest absolute Gasteiger partial charge is 0.402 e. The largest absolute Gasteiger partial charge is 0.477 e. The van der Waals surface area contributed by atoms with Crippen LogP contribution in [0.1, 0.15) is 9.67 Å². The lowest BCUT2D eigenvalue weighted by Gasteiger charge is -1.80. The van der Waals surface area contributed by atoms with E-state index in [9.17, 15) is 4.79 Å². The van der Waals surface area contributed by atoms with Gasteiger partial charge in [0, 0.05) is 0 Å². The monoisotopic (exact) mass is 204 g/mol. The molecule has 0 aliphatic rings. The lowest BCUT2D eigenvalue weighted by Crippen LogP contribution is -2.03. The van der Waals surface area contributed by atoms with Crippen LogP contribution in [0.4, 0.5) is 9.80 Å². The van der Waals surface area contributed by atoms with Gasteiger partial charge in [0.2, 0.25) is 0 Å². The molecule has 1 aromatic heterocycles. The first-order valence-corrected chi connectivity index (χ1v) is 3.82. The van der Waals surface area contributed by atoms with Crippen LogP contribution in [0.5, 0.6) is 0 Å². The quantitative estimate of drug-likeness (QED) is 0.534. The fourth-order valence-corrected chi connectivity index (χ4v) is 1.08. The van der Waals surface area contributed by atoms with Gasteiger partial charge < -0.3 is 21.7 Å². The molecular weight excluding hydrogens is 196 g/mol. The van der Waals surface area contributed by atoms with Gasteiger partial charge in [0.05, 0.1) is 5.00 Å². The number of hydrogen-bond donors (Lipinski definition) is 4. The van der Waals surface area contributed by atoms with Gasteiger partial charge in [-0.1, -0.05) is 0 Å². The van der Waals surface area contributed by atoms with E-state index in [0.717, 1.165) is 11.3 Å². The molecule has 0 unspecified atom stereocenters. The van der Waals surface area contributed by atoms with E-state index in [1.54, 1.807) is 6.07 Å². The molecular formula is C6H8N2O4S. The number of nitrogens with two attached hydrogens (primary N) is 2. The summed E-state index contributed by atoms with van der Waals surface area (Å²) in [4.78, 5) is 19.2. The third-order valence-corrected chi connectivity index (χ3v) is 1.74. The highest BCUT2D eigenvalue weighted by molar-refractivity contribution is 7.17. The van der Waals surface area contributed by atoms with Crippen LogP contribution >= 0.6 is 11.3 Å². The van der Waals surface area contributed by atoms with Gasteiger partial charge in [-0.05, 0) is 12.1 Å². The zero-order chi connectivity index (χ0) is 10.4. The van der Waals surface area contributed by atoms with Gasteiger partial charge in [-0.2, -0.15) is 0 Å². The van der Waals surface area contributed by atoms with E-state index < -0.39 is 12.1 Å². The van der Waals surface area contributed by atoms with Gasteiger partial charge in [0.15, 0.2) is 0 Å². The number of carboxylic acid groups (broad SMARTS) is 2. The first-order valence-electron chi connectivity index (χ1n) is 3.00. The zero-order valence-electron chi connectivity index (χ0n) is 6.43. The van der Waals surface area contributed by atoms with Crippen molar-refractivity contribution in [1.29, 1.82) is 0 Å². The molecule has 0 bridgehead atoms. The minimum atomic E-state index is -1.33. The molecule has 0 saturated carbocycles. The lowest BCUT2D eigenvalue weighted by atomic mass is 10.5. The maximum Gasteiger partial charge on any atom is 0.402 e. The van der Waals surface area contributed by atoms with Crippen LogP contribution in [0.25, 0.3) is 0 Å². The van der Waals surface area contributed by atoms with Crippen LogP contribution in [0.3, 0.4) is 0 Å². The van der Waals surface area contributed by atoms with Crippen molar-refractivity contribution < 1.29 is 19.8 Å². The number of nitrogen functional groups attached to an aromatic ring is 1. The van der Waals surface area contributed by atoms with Crippen LogP contribution in [0.2, 0.25) is 0 Å². The highest BCUT2D eigenvalue weighted by Gasteiger charge is 2.03. The highest BCUT2D eigenvalue weighted by atomic mass is 32.1. The normalized spacial score (nSPS) is 8.31. The maximum absolute atomic E-state index is 10.2. The van der Waals surface area contributed by atoms with E-state index in [1.807, 2.05) is 0 Å². The van der Waals surface area contributed by atoms with Gasteiger partial charge in [-0.3, -0.25) is 0 Å². The molecule has 0 aromatic carbocycles. The fraction of sp³-hybridized carbons (Fsp3) is 0. The SMILES string of the molecule is NC(=O)O.Nc1ccc(C(=O)O)s1. The molecule has 7 heteroatoms. The van der Waals surface area contributed by atoms with E-state index in [-0.39, 0.29) is 4.88 Å². The Morgan fingerprint density at radius 1 is 1.31 bits per heavy atom. The Morgan fingerprint density at radius 3 is 1.92 bits per heavy atom. The average molecular weight is 204 g/mol. The predicted octanol–water partition coefficient (Wildman–Crippen LogP) is 0.652. The Morgan fingerprint density at radius 2 is 1.77 bits per heavy atom. The number of primary amides is 1. The zero-order valence-corrected chi connectivity index (χ0v) is 7.25. The molecule has 0 atom stereocenters. The summed E-state index contributed by atoms with van der Waals surface area (Å²) in [5.74, 6) is -0.920. The molecule has 1 aromatic rings. The van der Waals surface area contributed by atoms with Crippen molar-refractivity contribution in [2.24, 2.45) is 5.73 Å². The van der Waals surface area contributed by atoms with Crippen molar-refractivity contribution in [3.05, 3.63) is 17.0 Å². The summed E-state index contributed by atoms with van der Waals surface area (Å²) in [5.41, 5.74) is 9.30. The van der Waals surface area contributed by atoms with Gasteiger partial charge in [0.25, 0.3) is 0 Å². The molecule has 6 N–H and O–H groups in total. The van der Waals surface area contributed by atoms with Crippen molar-refractivity contribution >= 4 is 28.4 Å². The molecule has 0 fully saturated rings. The standard InChI is InChI=1S/C5H5NO2S.CH3NO2/c6-4-2-1-3(9-4)5(7)8;2-1(3)4/h1-2H,6H2,(H,7,8);2H2,(H,3,4). The topological polar surface area (TPSA) is 127 Å². The molecule has 0 saturated heterocycles. The van der Waals surface area contributed by atoms with Crippen molar-refractivity contribution in [1.82, 2.24) is 0 Å². The number of amides is 1. The average Bonchev–Trinajstić information content (AvgIpc) is 2.34. The predicted molar refractivity (Wildman–Crippen MR) is 47.9 cm³/mol. The molecule has 1 heterocycles. The van der Waals surface area contributed by atoms with E-state index in [0.29, 0.717) is 5.00 Å². The summed E-state index contributed by atoms with van der Waals surface area (Å²) in [7, 11) is 0. The number of carbonyl (C=O) groups is 2. The first-order chi connectivity index (χ1) is 5.93. The van der Waals surface area contributed by atoms with Crippen molar-refractivity contribution in [3.63, 3.8) is 0 Å². The van der Waals surface area contributed by atoms with Gasteiger partial charge in [0.1, 0.15) is 4.88 Å². The maximum atomic E-state index is 10.2. The second-order valence-electron chi connectivity index (χ2n) is 1.85. The summed E-state index contributed by atoms with van der Waals surface area (Å²) < 4.78 is 0. The lowest BCUT2D eigenvalue weighted by molar-refractivity contribution is 0.0702. The van der Waals surface area contributed by atoms with Crippen LogP contribution in [0, 0.1) is 0 Å². The van der Waals surface area contributed by atoms with E-state index >= 15 is 0 Å². The number of rotatable bonds is 1. The number of carboxylic acids is 1. The number of anilines is 1. The molecule has 13 heavy (non-hydrogen) atoms. The van der Waals surface area contributed by atoms with E-state index in [2.05, 4.69) is 5.73 Å². The van der Waals surface area contributed by atoms with Crippen molar-refractivity contribution in [3.8, 4) is 0 Å². The number of aromatic carboxylic acids is 1. The van der Waals surface area contributed by atoms with Gasteiger partial charge >= 0.3 is 12.1 Å². The number of hydrogen-bond acceptors (Lipinski definition) is 4. The van der Waals surface area contributed by atoms with Crippen LogP contribution in [-0.4, -0.2) is 22.3 Å². The van der Waals surface area contributed by atoms with Crippen molar-refractivity contribution in [2.45, 2.75) is 0 Å². The highest BCUT2D eigenvalue weighted by Crippen LogP contribution is 2.17. The molecule has 0 aliphatic heterocycles. The van der Waals surface area contributed by atoms with Gasteiger partial charge in [-0.25, -0.2) is 9.59 Å². The summed E-state index contributed by atoms with van der Waals surface area (Å²) in [6.45, 7) is 0. The molecule has 0 spiro atoms. The molecule has 1 amide bonds. The van der Waals surface area contributed by atoms with Gasteiger partial charge in [-0.15, -0.1) is 11.3 Å². The minimum absolute atomic E-state index is 0.285. The van der Waals surface area contributed by atoms with Crippen molar-refractivity contribution in [2.75, 3.05) is 5.73 Å². The number of thiophene rings is 1. The molecule has 0 aliphatic carbocycles. The summed E-state index contributed by atoms with van der Waals surface area (Å²) in [6, 6.07) is 3.07.